The molecule has 1 aliphatic carbocycles. The van der Waals surface area contributed by atoms with Gasteiger partial charge in [-0.2, -0.15) is 0 Å². The molecule has 1 amide bonds. The Kier molecular flexibility index (Phi) is 7.56. The summed E-state index contributed by atoms with van der Waals surface area (Å²) < 4.78 is 2.05. The molecule has 4 aromatic rings. The number of nitrogens with zero attached hydrogens (tertiary/aromatic N) is 2. The van der Waals surface area contributed by atoms with Crippen LogP contribution in [0, 0.1) is 0 Å². The lowest BCUT2D eigenvalue weighted by atomic mass is 9.95. The van der Waals surface area contributed by atoms with Gasteiger partial charge >= 0.3 is 0 Å². The molecular weight excluding hydrogens is 458 g/mol. The van der Waals surface area contributed by atoms with Crippen LogP contribution in [0.4, 0.5) is 5.82 Å². The second kappa shape index (κ2) is 11.2. The van der Waals surface area contributed by atoms with Gasteiger partial charge in [0.2, 0.25) is 0 Å². The summed E-state index contributed by atoms with van der Waals surface area (Å²) in [6.07, 6.45) is 8.09. The van der Waals surface area contributed by atoms with Crippen LogP contribution in [0.25, 0.3) is 16.9 Å². The lowest BCUT2D eigenvalue weighted by molar-refractivity contribution is 0.0952. The Morgan fingerprint density at radius 1 is 1.03 bits per heavy atom. The molecule has 0 spiro atoms. The molecular formula is C31H37N5O. The van der Waals surface area contributed by atoms with Crippen molar-refractivity contribution in [3.05, 3.63) is 89.1 Å². The number of carbonyl (C=O) groups is 1. The Bertz CT molecular complexity index is 1370. The van der Waals surface area contributed by atoms with Crippen molar-refractivity contribution in [2.75, 3.05) is 5.32 Å². The quantitative estimate of drug-likeness (QED) is 0.269. The highest BCUT2D eigenvalue weighted by molar-refractivity contribution is 6.00. The van der Waals surface area contributed by atoms with Gasteiger partial charge in [0.15, 0.2) is 5.65 Å². The minimum atomic E-state index is -0.139. The number of imidazole rings is 1. The van der Waals surface area contributed by atoms with E-state index >= 15 is 0 Å². The van der Waals surface area contributed by atoms with Gasteiger partial charge in [0.25, 0.3) is 5.91 Å². The molecule has 2 heterocycles. The summed E-state index contributed by atoms with van der Waals surface area (Å²) >= 11 is 0. The molecule has 0 unspecified atom stereocenters. The van der Waals surface area contributed by atoms with E-state index in [-0.39, 0.29) is 5.91 Å². The molecule has 1 aliphatic rings. The van der Waals surface area contributed by atoms with Gasteiger partial charge in [-0.1, -0.05) is 81.6 Å². The number of rotatable bonds is 8. The van der Waals surface area contributed by atoms with Crippen molar-refractivity contribution >= 4 is 17.4 Å². The zero-order valence-electron chi connectivity index (χ0n) is 21.8. The Labute approximate surface area is 219 Å². The van der Waals surface area contributed by atoms with E-state index in [2.05, 4.69) is 48.7 Å². The predicted molar refractivity (Wildman–Crippen MR) is 151 cm³/mol. The van der Waals surface area contributed by atoms with E-state index in [1.165, 1.54) is 24.8 Å². The first-order chi connectivity index (χ1) is 18.0. The summed E-state index contributed by atoms with van der Waals surface area (Å²) in [6.45, 7) is 5.32. The van der Waals surface area contributed by atoms with Gasteiger partial charge in [-0.3, -0.25) is 9.20 Å². The van der Waals surface area contributed by atoms with Crippen LogP contribution in [0.3, 0.4) is 0 Å². The molecule has 0 radical (unpaired) electrons. The average molecular weight is 496 g/mol. The summed E-state index contributed by atoms with van der Waals surface area (Å²) in [7, 11) is 0. The smallest absolute Gasteiger partial charge is 0.255 e. The SMILES string of the molecule is CC(C)c1ccc(-c2nc3c(C(=O)NCc4cccc(CN)c4)cccn3c2NC2CCCCC2)cc1. The molecule has 1 saturated carbocycles. The molecule has 2 aromatic heterocycles. The number of pyridine rings is 1. The molecule has 0 atom stereocenters. The van der Waals surface area contributed by atoms with Gasteiger partial charge in [-0.05, 0) is 47.6 Å². The van der Waals surface area contributed by atoms with Crippen LogP contribution >= 0.6 is 0 Å². The second-order valence-corrected chi connectivity index (χ2v) is 10.4. The van der Waals surface area contributed by atoms with Gasteiger partial charge in [0.05, 0.1) is 5.56 Å². The van der Waals surface area contributed by atoms with Crippen molar-refractivity contribution < 1.29 is 4.79 Å². The van der Waals surface area contributed by atoms with Crippen LogP contribution in [0.2, 0.25) is 0 Å². The van der Waals surface area contributed by atoms with E-state index in [4.69, 9.17) is 10.7 Å². The minimum Gasteiger partial charge on any atom is -0.367 e. The molecule has 0 bridgehead atoms. The highest BCUT2D eigenvalue weighted by Gasteiger charge is 2.22. The Balaban J connectivity index is 1.50. The maximum atomic E-state index is 13.3. The van der Waals surface area contributed by atoms with Crippen LogP contribution < -0.4 is 16.4 Å². The fourth-order valence-electron chi connectivity index (χ4n) is 5.19. The van der Waals surface area contributed by atoms with Crippen molar-refractivity contribution in [2.24, 2.45) is 5.73 Å². The molecule has 6 nitrogen and oxygen atoms in total. The number of fused-ring (bicyclic) bond motifs is 1. The summed E-state index contributed by atoms with van der Waals surface area (Å²) in [5.74, 6) is 1.29. The van der Waals surface area contributed by atoms with Crippen LogP contribution in [0.15, 0.2) is 66.9 Å². The van der Waals surface area contributed by atoms with E-state index in [1.807, 2.05) is 47.0 Å². The normalized spacial score (nSPS) is 14.3. The van der Waals surface area contributed by atoms with Crippen LogP contribution in [-0.2, 0) is 13.1 Å². The number of hydrogen-bond donors (Lipinski definition) is 3. The number of nitrogens with two attached hydrogens (primary N) is 1. The summed E-state index contributed by atoms with van der Waals surface area (Å²) in [6, 6.07) is 20.8. The molecule has 0 saturated heterocycles. The summed E-state index contributed by atoms with van der Waals surface area (Å²) in [5, 5.41) is 6.88. The van der Waals surface area contributed by atoms with Crippen molar-refractivity contribution in [2.45, 2.75) is 71.0 Å². The predicted octanol–water partition coefficient (Wildman–Crippen LogP) is 6.26. The third-order valence-corrected chi connectivity index (χ3v) is 7.37. The Morgan fingerprint density at radius 3 is 2.51 bits per heavy atom. The lowest BCUT2D eigenvalue weighted by Gasteiger charge is -2.24. The Hall–Kier alpha value is -3.64. The third-order valence-electron chi connectivity index (χ3n) is 7.37. The molecule has 6 heteroatoms. The van der Waals surface area contributed by atoms with Gasteiger partial charge in [-0.15, -0.1) is 0 Å². The Morgan fingerprint density at radius 2 is 1.78 bits per heavy atom. The first-order valence-electron chi connectivity index (χ1n) is 13.5. The van der Waals surface area contributed by atoms with Crippen molar-refractivity contribution in [1.82, 2.24) is 14.7 Å². The molecule has 192 valence electrons. The number of hydrogen-bond acceptors (Lipinski definition) is 4. The number of amides is 1. The van der Waals surface area contributed by atoms with Gasteiger partial charge in [0, 0.05) is 30.9 Å². The summed E-state index contributed by atoms with van der Waals surface area (Å²) in [5.41, 5.74) is 12.3. The minimum absolute atomic E-state index is 0.139. The van der Waals surface area contributed by atoms with Crippen molar-refractivity contribution in [3.8, 4) is 11.3 Å². The van der Waals surface area contributed by atoms with E-state index < -0.39 is 0 Å². The number of nitrogens with one attached hydrogen (secondary N) is 2. The molecule has 0 aliphatic heterocycles. The number of aromatic nitrogens is 2. The molecule has 4 N–H and O–H groups in total. The maximum Gasteiger partial charge on any atom is 0.255 e. The number of benzene rings is 2. The van der Waals surface area contributed by atoms with E-state index in [0.717, 1.165) is 41.0 Å². The zero-order chi connectivity index (χ0) is 25.8. The maximum absolute atomic E-state index is 13.3. The monoisotopic (exact) mass is 495 g/mol. The fourth-order valence-corrected chi connectivity index (χ4v) is 5.19. The molecule has 1 fully saturated rings. The van der Waals surface area contributed by atoms with E-state index in [9.17, 15) is 4.79 Å². The van der Waals surface area contributed by atoms with Crippen LogP contribution in [0.1, 0.15) is 78.9 Å². The molecule has 37 heavy (non-hydrogen) atoms. The third kappa shape index (κ3) is 5.54. The highest BCUT2D eigenvalue weighted by Crippen LogP contribution is 2.33. The van der Waals surface area contributed by atoms with Gasteiger partial charge in [0.1, 0.15) is 11.5 Å². The highest BCUT2D eigenvalue weighted by atomic mass is 16.1. The average Bonchev–Trinajstić information content (AvgIpc) is 3.30. The van der Waals surface area contributed by atoms with Crippen molar-refractivity contribution in [3.63, 3.8) is 0 Å². The van der Waals surface area contributed by atoms with E-state index in [1.54, 1.807) is 0 Å². The zero-order valence-corrected chi connectivity index (χ0v) is 21.8. The van der Waals surface area contributed by atoms with E-state index in [0.29, 0.717) is 36.3 Å². The number of anilines is 1. The topological polar surface area (TPSA) is 84.5 Å². The number of carbonyl (C=O) groups excluding carboxylic acids is 1. The van der Waals surface area contributed by atoms with Crippen LogP contribution in [0.5, 0.6) is 0 Å². The second-order valence-electron chi connectivity index (χ2n) is 10.4. The molecule has 2 aromatic carbocycles. The molecule has 5 rings (SSSR count). The van der Waals surface area contributed by atoms with Gasteiger partial charge in [-0.25, -0.2) is 4.98 Å². The first-order valence-corrected chi connectivity index (χ1v) is 13.5. The van der Waals surface area contributed by atoms with Crippen LogP contribution in [-0.4, -0.2) is 21.3 Å². The fraction of sp³-hybridized carbons (Fsp3) is 0.355. The lowest BCUT2D eigenvalue weighted by Crippen LogP contribution is -2.24. The largest absolute Gasteiger partial charge is 0.367 e. The standard InChI is InChI=1S/C31H37N5O/c1-21(2)24-13-15-25(16-14-24)28-30(34-26-10-4-3-5-11-26)36-17-7-12-27(29(36)35-28)31(37)33-20-23-9-6-8-22(18-23)19-32/h6-9,12-18,21,26,34H,3-5,10-11,19-20,32H2,1-2H3,(H,33,37). The van der Waals surface area contributed by atoms with Crippen molar-refractivity contribution in [1.29, 1.82) is 0 Å². The van der Waals surface area contributed by atoms with Gasteiger partial charge < -0.3 is 16.4 Å². The first kappa shape index (κ1) is 25.0. The summed E-state index contributed by atoms with van der Waals surface area (Å²) in [4.78, 5) is 18.4.